The molecule has 72 valence electrons. The van der Waals surface area contributed by atoms with Crippen molar-refractivity contribution >= 4 is 11.3 Å². The molecule has 1 unspecified atom stereocenters. The number of ether oxygens (including phenoxy) is 2. The summed E-state index contributed by atoms with van der Waals surface area (Å²) in [5.41, 5.74) is 5.49. The lowest BCUT2D eigenvalue weighted by Crippen LogP contribution is -2.21. The van der Waals surface area contributed by atoms with Crippen LogP contribution in [0.15, 0.2) is 6.20 Å². The van der Waals surface area contributed by atoms with Crippen LogP contribution in [-0.4, -0.2) is 24.8 Å². The second kappa shape index (κ2) is 4.15. The van der Waals surface area contributed by atoms with Gasteiger partial charge in [-0.1, -0.05) is 0 Å². The van der Waals surface area contributed by atoms with Gasteiger partial charge in [0.1, 0.15) is 11.1 Å². The van der Waals surface area contributed by atoms with Gasteiger partial charge in [0.05, 0.1) is 19.8 Å². The van der Waals surface area contributed by atoms with Gasteiger partial charge in [-0.3, -0.25) is 0 Å². The molecule has 1 atom stereocenters. The molecule has 13 heavy (non-hydrogen) atoms. The second-order valence-electron chi connectivity index (χ2n) is 2.80. The predicted molar refractivity (Wildman–Crippen MR) is 49.5 cm³/mol. The molecular weight excluding hydrogens is 188 g/mol. The third-order valence-corrected chi connectivity index (χ3v) is 2.98. The quantitative estimate of drug-likeness (QED) is 0.763. The van der Waals surface area contributed by atoms with Crippen molar-refractivity contribution in [2.24, 2.45) is 5.73 Å². The van der Waals surface area contributed by atoms with Crippen molar-refractivity contribution in [2.75, 3.05) is 19.8 Å². The predicted octanol–water partition coefficient (Wildman–Crippen LogP) is 0.690. The van der Waals surface area contributed by atoms with Gasteiger partial charge >= 0.3 is 0 Å². The molecule has 1 aliphatic rings. The van der Waals surface area contributed by atoms with Gasteiger partial charge in [0, 0.05) is 17.6 Å². The van der Waals surface area contributed by atoms with E-state index in [1.54, 1.807) is 17.5 Å². The van der Waals surface area contributed by atoms with Crippen LogP contribution in [-0.2, 0) is 16.0 Å². The minimum atomic E-state index is 0.0130. The zero-order valence-corrected chi connectivity index (χ0v) is 8.05. The molecule has 2 heterocycles. The van der Waals surface area contributed by atoms with Crippen LogP contribution in [0.2, 0.25) is 0 Å². The van der Waals surface area contributed by atoms with Crippen LogP contribution in [0.4, 0.5) is 0 Å². The van der Waals surface area contributed by atoms with E-state index in [-0.39, 0.29) is 6.10 Å². The van der Waals surface area contributed by atoms with Crippen LogP contribution in [0.3, 0.4) is 0 Å². The number of rotatable bonds is 2. The van der Waals surface area contributed by atoms with E-state index in [9.17, 15) is 0 Å². The lowest BCUT2D eigenvalue weighted by atomic mass is 10.4. The van der Waals surface area contributed by atoms with Crippen LogP contribution in [0.5, 0.6) is 0 Å². The second-order valence-corrected chi connectivity index (χ2v) is 3.95. The normalized spacial score (nSPS) is 23.3. The number of hydrogen-bond donors (Lipinski definition) is 1. The molecule has 1 aliphatic heterocycles. The lowest BCUT2D eigenvalue weighted by Gasteiger charge is -2.20. The molecular formula is C8H12N2O2S. The first-order valence-electron chi connectivity index (χ1n) is 4.24. The van der Waals surface area contributed by atoms with E-state index in [1.807, 2.05) is 0 Å². The standard InChI is InChI=1S/C8H12N2O2S/c9-3-6-4-10-8(13-6)7-5-11-1-2-12-7/h4,7H,1-3,5,9H2. The van der Waals surface area contributed by atoms with Crippen LogP contribution >= 0.6 is 11.3 Å². The lowest BCUT2D eigenvalue weighted by molar-refractivity contribution is -0.0901. The molecule has 2 N–H and O–H groups in total. The fourth-order valence-corrected chi connectivity index (χ4v) is 2.03. The molecule has 4 nitrogen and oxygen atoms in total. The zero-order chi connectivity index (χ0) is 9.10. The van der Waals surface area contributed by atoms with Crippen molar-refractivity contribution in [3.8, 4) is 0 Å². The summed E-state index contributed by atoms with van der Waals surface area (Å²) in [5, 5.41) is 0.972. The Morgan fingerprint density at radius 3 is 3.15 bits per heavy atom. The Labute approximate surface area is 80.7 Å². The van der Waals surface area contributed by atoms with Gasteiger partial charge in [-0.25, -0.2) is 4.98 Å². The molecule has 0 bridgehead atoms. The van der Waals surface area contributed by atoms with Gasteiger partial charge in [-0.15, -0.1) is 11.3 Å². The van der Waals surface area contributed by atoms with Gasteiger partial charge in [0.25, 0.3) is 0 Å². The molecule has 0 amide bonds. The molecule has 0 spiro atoms. The van der Waals surface area contributed by atoms with Gasteiger partial charge < -0.3 is 15.2 Å². The Morgan fingerprint density at radius 1 is 1.62 bits per heavy atom. The Morgan fingerprint density at radius 2 is 2.54 bits per heavy atom. The Kier molecular flexibility index (Phi) is 2.90. The fourth-order valence-electron chi connectivity index (χ4n) is 1.20. The third-order valence-electron chi connectivity index (χ3n) is 1.86. The third kappa shape index (κ3) is 2.05. The summed E-state index contributed by atoms with van der Waals surface area (Å²) in [4.78, 5) is 5.33. The minimum absolute atomic E-state index is 0.0130. The molecule has 1 saturated heterocycles. The molecule has 2 rings (SSSR count). The van der Waals surface area contributed by atoms with Gasteiger partial charge in [-0.05, 0) is 0 Å². The molecule has 1 aromatic heterocycles. The Hall–Kier alpha value is -0.490. The number of aromatic nitrogens is 1. The number of thiazole rings is 1. The molecule has 0 radical (unpaired) electrons. The summed E-state index contributed by atoms with van der Waals surface area (Å²) in [6.07, 6.45) is 1.82. The molecule has 5 heteroatoms. The smallest absolute Gasteiger partial charge is 0.132 e. The Balaban J connectivity index is 2.05. The fraction of sp³-hybridized carbons (Fsp3) is 0.625. The van der Waals surface area contributed by atoms with E-state index in [2.05, 4.69) is 4.98 Å². The van der Waals surface area contributed by atoms with Crippen LogP contribution in [0.1, 0.15) is 16.0 Å². The van der Waals surface area contributed by atoms with Crippen molar-refractivity contribution in [1.29, 1.82) is 0 Å². The first-order chi connectivity index (χ1) is 6.40. The van der Waals surface area contributed by atoms with Crippen molar-refractivity contribution < 1.29 is 9.47 Å². The van der Waals surface area contributed by atoms with E-state index in [0.29, 0.717) is 26.4 Å². The summed E-state index contributed by atoms with van der Waals surface area (Å²) in [6, 6.07) is 0. The highest BCUT2D eigenvalue weighted by atomic mass is 32.1. The number of nitrogens with zero attached hydrogens (tertiary/aromatic N) is 1. The molecule has 0 saturated carbocycles. The van der Waals surface area contributed by atoms with Crippen LogP contribution in [0.25, 0.3) is 0 Å². The van der Waals surface area contributed by atoms with E-state index >= 15 is 0 Å². The molecule has 0 aromatic carbocycles. The maximum absolute atomic E-state index is 5.50. The van der Waals surface area contributed by atoms with Crippen molar-refractivity contribution in [1.82, 2.24) is 4.98 Å². The summed E-state index contributed by atoms with van der Waals surface area (Å²) >= 11 is 1.60. The van der Waals surface area contributed by atoms with E-state index in [1.165, 1.54) is 0 Å². The highest BCUT2D eigenvalue weighted by Crippen LogP contribution is 2.24. The largest absolute Gasteiger partial charge is 0.376 e. The summed E-state index contributed by atoms with van der Waals surface area (Å²) in [7, 11) is 0. The maximum atomic E-state index is 5.50. The highest BCUT2D eigenvalue weighted by Gasteiger charge is 2.19. The molecule has 0 aliphatic carbocycles. The van der Waals surface area contributed by atoms with Gasteiger partial charge in [0.2, 0.25) is 0 Å². The average molecular weight is 200 g/mol. The highest BCUT2D eigenvalue weighted by molar-refractivity contribution is 7.11. The van der Waals surface area contributed by atoms with Crippen LogP contribution in [0, 0.1) is 0 Å². The molecule has 1 fully saturated rings. The van der Waals surface area contributed by atoms with Gasteiger partial charge in [0.15, 0.2) is 0 Å². The van der Waals surface area contributed by atoms with E-state index in [4.69, 9.17) is 15.2 Å². The van der Waals surface area contributed by atoms with Gasteiger partial charge in [-0.2, -0.15) is 0 Å². The zero-order valence-electron chi connectivity index (χ0n) is 7.23. The first kappa shape index (κ1) is 9.08. The summed E-state index contributed by atoms with van der Waals surface area (Å²) in [6.45, 7) is 2.50. The summed E-state index contributed by atoms with van der Waals surface area (Å²) < 4.78 is 10.8. The van der Waals surface area contributed by atoms with Crippen molar-refractivity contribution in [3.63, 3.8) is 0 Å². The average Bonchev–Trinajstić information content (AvgIpc) is 2.67. The van der Waals surface area contributed by atoms with Crippen molar-refractivity contribution in [2.45, 2.75) is 12.6 Å². The number of hydrogen-bond acceptors (Lipinski definition) is 5. The monoisotopic (exact) mass is 200 g/mol. The van der Waals surface area contributed by atoms with E-state index in [0.717, 1.165) is 9.88 Å². The topological polar surface area (TPSA) is 57.4 Å². The van der Waals surface area contributed by atoms with Crippen molar-refractivity contribution in [3.05, 3.63) is 16.1 Å². The number of nitrogens with two attached hydrogens (primary N) is 1. The SMILES string of the molecule is NCc1cnc(C2COCCO2)s1. The molecule has 1 aromatic rings. The van der Waals surface area contributed by atoms with Crippen LogP contribution < -0.4 is 5.73 Å². The Bertz CT molecular complexity index is 271. The summed E-state index contributed by atoms with van der Waals surface area (Å²) in [5.74, 6) is 0. The minimum Gasteiger partial charge on any atom is -0.376 e. The maximum Gasteiger partial charge on any atom is 0.132 e. The first-order valence-corrected chi connectivity index (χ1v) is 5.06. The van der Waals surface area contributed by atoms with E-state index < -0.39 is 0 Å².